The Balaban J connectivity index is 1.92. The van der Waals surface area contributed by atoms with Crippen molar-refractivity contribution in [2.45, 2.75) is 6.10 Å². The summed E-state index contributed by atoms with van der Waals surface area (Å²) in [5.41, 5.74) is 0. The van der Waals surface area contributed by atoms with E-state index in [4.69, 9.17) is 14.6 Å². The first-order chi connectivity index (χ1) is 6.25. The van der Waals surface area contributed by atoms with Gasteiger partial charge in [0, 0.05) is 0 Å². The predicted octanol–water partition coefficient (Wildman–Crippen LogP) is 0.150. The van der Waals surface area contributed by atoms with Gasteiger partial charge in [-0.2, -0.15) is 0 Å². The molecule has 1 atom stereocenters. The van der Waals surface area contributed by atoms with Gasteiger partial charge in [-0.3, -0.25) is 0 Å². The highest BCUT2D eigenvalue weighted by molar-refractivity contribution is 5.84. The monoisotopic (exact) mass is 185 g/mol. The summed E-state index contributed by atoms with van der Waals surface area (Å²) in [6.45, 7) is 1.06. The van der Waals surface area contributed by atoms with Crippen molar-refractivity contribution < 1.29 is 23.9 Å². The van der Waals surface area contributed by atoms with Crippen LogP contribution >= 0.6 is 0 Å². The summed E-state index contributed by atoms with van der Waals surface area (Å²) in [5.74, 6) is -1.22. The van der Waals surface area contributed by atoms with Crippen molar-refractivity contribution in [2.24, 2.45) is 0 Å². The molecule has 0 radical (unpaired) electrons. The molecular weight excluding hydrogens is 178 g/mol. The molecule has 1 aromatic rings. The number of carbonyl (C=O) groups is 1. The van der Waals surface area contributed by atoms with Crippen LogP contribution in [0.25, 0.3) is 0 Å². The Kier molecular flexibility index (Phi) is 1.90. The lowest BCUT2D eigenvalue weighted by Gasteiger charge is -1.95. The lowest BCUT2D eigenvalue weighted by molar-refractivity contribution is 0.0651. The van der Waals surface area contributed by atoms with Crippen molar-refractivity contribution in [1.29, 1.82) is 0 Å². The number of carboxylic acid groups (broad SMARTS) is 1. The number of epoxide rings is 1. The summed E-state index contributed by atoms with van der Waals surface area (Å²) in [6, 6.07) is 1.23. The number of aromatic nitrogens is 1. The number of rotatable bonds is 4. The third-order valence-electron chi connectivity index (χ3n) is 1.52. The van der Waals surface area contributed by atoms with E-state index in [1.165, 1.54) is 6.07 Å². The van der Waals surface area contributed by atoms with Gasteiger partial charge in [-0.25, -0.2) is 4.79 Å². The summed E-state index contributed by atoms with van der Waals surface area (Å²) in [4.78, 5) is 10.4. The van der Waals surface area contributed by atoms with Crippen LogP contribution in [0.4, 0.5) is 0 Å². The number of hydrogen-bond donors (Lipinski definition) is 1. The van der Waals surface area contributed by atoms with Gasteiger partial charge in [0.05, 0.1) is 12.7 Å². The molecule has 1 N–H and O–H groups in total. The minimum Gasteiger partial charge on any atom is -0.475 e. The fourth-order valence-electron chi connectivity index (χ4n) is 0.770. The van der Waals surface area contributed by atoms with Crippen molar-refractivity contribution in [3.63, 3.8) is 0 Å². The molecule has 0 amide bonds. The highest BCUT2D eigenvalue weighted by atomic mass is 16.6. The highest BCUT2D eigenvalue weighted by Gasteiger charge is 2.24. The molecule has 0 spiro atoms. The van der Waals surface area contributed by atoms with Crippen molar-refractivity contribution >= 4 is 5.97 Å². The Morgan fingerprint density at radius 2 is 2.62 bits per heavy atom. The van der Waals surface area contributed by atoms with Gasteiger partial charge in [-0.1, -0.05) is 0 Å². The number of nitrogens with zero attached hydrogens (tertiary/aromatic N) is 1. The van der Waals surface area contributed by atoms with Gasteiger partial charge >= 0.3 is 5.97 Å². The van der Waals surface area contributed by atoms with Crippen molar-refractivity contribution in [2.75, 3.05) is 13.2 Å². The molecule has 2 heterocycles. The minimum absolute atomic E-state index is 0.116. The van der Waals surface area contributed by atoms with Gasteiger partial charge in [0.2, 0.25) is 5.76 Å². The largest absolute Gasteiger partial charge is 0.475 e. The van der Waals surface area contributed by atoms with E-state index in [0.717, 1.165) is 0 Å². The molecule has 1 saturated heterocycles. The van der Waals surface area contributed by atoms with E-state index >= 15 is 0 Å². The first-order valence-corrected chi connectivity index (χ1v) is 3.70. The van der Waals surface area contributed by atoms with E-state index in [1.54, 1.807) is 0 Å². The maximum atomic E-state index is 10.4. The Hall–Kier alpha value is -1.56. The molecule has 2 rings (SSSR count). The summed E-state index contributed by atoms with van der Waals surface area (Å²) < 4.78 is 14.4. The second kappa shape index (κ2) is 3.06. The lowest BCUT2D eigenvalue weighted by Crippen LogP contribution is -2.03. The fraction of sp³-hybridized carbons (Fsp3) is 0.429. The molecule has 0 bridgehead atoms. The van der Waals surface area contributed by atoms with E-state index in [0.29, 0.717) is 13.2 Å². The first-order valence-electron chi connectivity index (χ1n) is 3.70. The number of carboxylic acids is 1. The van der Waals surface area contributed by atoms with Crippen LogP contribution in [0, 0.1) is 0 Å². The quantitative estimate of drug-likeness (QED) is 0.672. The number of ether oxygens (including phenoxy) is 2. The Morgan fingerprint density at radius 1 is 1.85 bits per heavy atom. The van der Waals surface area contributed by atoms with E-state index in [1.807, 2.05) is 0 Å². The average molecular weight is 185 g/mol. The zero-order chi connectivity index (χ0) is 9.26. The van der Waals surface area contributed by atoms with Crippen LogP contribution in [0.5, 0.6) is 5.88 Å². The SMILES string of the molecule is O=C(O)c1cc(OCC2CO2)no1. The first kappa shape index (κ1) is 8.06. The maximum absolute atomic E-state index is 10.4. The van der Waals surface area contributed by atoms with Gasteiger partial charge in [0.15, 0.2) is 0 Å². The van der Waals surface area contributed by atoms with Crippen molar-refractivity contribution in [1.82, 2.24) is 5.16 Å². The molecule has 13 heavy (non-hydrogen) atoms. The summed E-state index contributed by atoms with van der Waals surface area (Å²) >= 11 is 0. The fourth-order valence-corrected chi connectivity index (χ4v) is 0.770. The van der Waals surface area contributed by atoms with E-state index in [9.17, 15) is 4.79 Å². The zero-order valence-electron chi connectivity index (χ0n) is 6.60. The molecule has 70 valence electrons. The molecule has 0 aliphatic carbocycles. The molecule has 1 aliphatic rings. The molecule has 1 fully saturated rings. The van der Waals surface area contributed by atoms with Crippen LogP contribution in [0.1, 0.15) is 10.6 Å². The third-order valence-corrected chi connectivity index (χ3v) is 1.52. The van der Waals surface area contributed by atoms with Crippen LogP contribution in [0.3, 0.4) is 0 Å². The van der Waals surface area contributed by atoms with E-state index < -0.39 is 5.97 Å². The van der Waals surface area contributed by atoms with E-state index in [-0.39, 0.29) is 17.7 Å². The summed E-state index contributed by atoms with van der Waals surface area (Å²) in [6.07, 6.45) is 0.116. The molecule has 1 unspecified atom stereocenters. The predicted molar refractivity (Wildman–Crippen MR) is 38.7 cm³/mol. The zero-order valence-corrected chi connectivity index (χ0v) is 6.60. The van der Waals surface area contributed by atoms with Crippen LogP contribution in [0.2, 0.25) is 0 Å². The van der Waals surface area contributed by atoms with E-state index in [2.05, 4.69) is 9.68 Å². The lowest BCUT2D eigenvalue weighted by atomic mass is 10.4. The summed E-state index contributed by atoms with van der Waals surface area (Å²) in [7, 11) is 0. The summed E-state index contributed by atoms with van der Waals surface area (Å²) in [5, 5.41) is 11.9. The normalized spacial score (nSPS) is 19.8. The Bertz CT molecular complexity index is 316. The van der Waals surface area contributed by atoms with Gasteiger partial charge in [0.1, 0.15) is 12.7 Å². The molecule has 1 aliphatic heterocycles. The van der Waals surface area contributed by atoms with Crippen LogP contribution < -0.4 is 4.74 Å². The second-order valence-electron chi connectivity index (χ2n) is 2.60. The minimum atomic E-state index is -1.16. The number of hydrogen-bond acceptors (Lipinski definition) is 5. The molecule has 1 aromatic heterocycles. The van der Waals surface area contributed by atoms with Crippen molar-refractivity contribution in [3.05, 3.63) is 11.8 Å². The van der Waals surface area contributed by atoms with Gasteiger partial charge in [0.25, 0.3) is 5.88 Å². The van der Waals surface area contributed by atoms with Gasteiger partial charge < -0.3 is 19.1 Å². The van der Waals surface area contributed by atoms with Crippen molar-refractivity contribution in [3.8, 4) is 5.88 Å². The van der Waals surface area contributed by atoms with Crippen LogP contribution in [-0.4, -0.2) is 35.6 Å². The smallest absolute Gasteiger partial charge is 0.374 e. The Labute approximate surface area is 73.0 Å². The van der Waals surface area contributed by atoms with Crippen LogP contribution in [-0.2, 0) is 4.74 Å². The second-order valence-corrected chi connectivity index (χ2v) is 2.60. The van der Waals surface area contributed by atoms with Crippen LogP contribution in [0.15, 0.2) is 10.6 Å². The van der Waals surface area contributed by atoms with Gasteiger partial charge in [-0.05, 0) is 5.16 Å². The Morgan fingerprint density at radius 3 is 3.15 bits per heavy atom. The number of aromatic carboxylic acids is 1. The maximum Gasteiger partial charge on any atom is 0.374 e. The average Bonchev–Trinajstić information content (AvgIpc) is 2.79. The van der Waals surface area contributed by atoms with Gasteiger partial charge in [-0.15, -0.1) is 0 Å². The third kappa shape index (κ3) is 1.97. The molecule has 0 saturated carbocycles. The molecule has 0 aromatic carbocycles. The standard InChI is InChI=1S/C7H7NO5/c9-7(10)5-1-6(8-13-5)12-3-4-2-11-4/h1,4H,2-3H2,(H,9,10). The topological polar surface area (TPSA) is 85.1 Å². The molecule has 6 heteroatoms. The highest BCUT2D eigenvalue weighted by Crippen LogP contribution is 2.14. The molecule has 6 nitrogen and oxygen atoms in total. The molecular formula is C7H7NO5.